The number of allylic oxidation sites excluding steroid dienone is 1. The van der Waals surface area contributed by atoms with Crippen LogP contribution in [0.3, 0.4) is 0 Å². The second-order valence-electron chi connectivity index (χ2n) is 3.35. The van der Waals surface area contributed by atoms with Gasteiger partial charge in [0.05, 0.1) is 13.4 Å². The first-order valence-corrected chi connectivity index (χ1v) is 3.74. The lowest BCUT2D eigenvalue weighted by Crippen LogP contribution is -2.10. The van der Waals surface area contributed by atoms with Gasteiger partial charge < -0.3 is 9.53 Å². The number of carbonyl (C=O) groups is 1. The van der Waals surface area contributed by atoms with Crippen molar-refractivity contribution in [1.29, 1.82) is 0 Å². The summed E-state index contributed by atoms with van der Waals surface area (Å²) in [7, 11) is 1.61. The van der Waals surface area contributed by atoms with E-state index in [-0.39, 0.29) is 5.41 Å². The van der Waals surface area contributed by atoms with E-state index in [1.807, 2.05) is 6.08 Å². The maximum atomic E-state index is 10.2. The molecule has 0 aliphatic carbocycles. The van der Waals surface area contributed by atoms with Gasteiger partial charge in [-0.2, -0.15) is 0 Å². The van der Waals surface area contributed by atoms with Gasteiger partial charge in [0.1, 0.15) is 6.29 Å². The van der Waals surface area contributed by atoms with Crippen LogP contribution < -0.4 is 0 Å². The number of carbonyl (C=O) groups excluding carboxylic acids is 1. The van der Waals surface area contributed by atoms with Crippen LogP contribution in [-0.2, 0) is 9.53 Å². The highest BCUT2D eigenvalue weighted by molar-refractivity contribution is 5.50. The summed E-state index contributed by atoms with van der Waals surface area (Å²) in [6, 6.07) is 0. The molecule has 0 aliphatic heterocycles. The van der Waals surface area contributed by atoms with E-state index in [1.54, 1.807) is 13.4 Å². The first kappa shape index (κ1) is 10.2. The van der Waals surface area contributed by atoms with Crippen molar-refractivity contribution in [3.05, 3.63) is 12.3 Å². The quantitative estimate of drug-likeness (QED) is 0.450. The van der Waals surface area contributed by atoms with Crippen molar-refractivity contribution in [2.45, 2.75) is 26.7 Å². The van der Waals surface area contributed by atoms with Gasteiger partial charge in [-0.15, -0.1) is 0 Å². The van der Waals surface area contributed by atoms with E-state index in [1.165, 1.54) is 0 Å². The Labute approximate surface area is 68.2 Å². The van der Waals surface area contributed by atoms with Gasteiger partial charge in [-0.05, 0) is 17.9 Å². The Balaban J connectivity index is 3.71. The van der Waals surface area contributed by atoms with Crippen molar-refractivity contribution in [2.24, 2.45) is 5.41 Å². The Hall–Kier alpha value is -0.790. The minimum Gasteiger partial charge on any atom is -0.505 e. The zero-order valence-corrected chi connectivity index (χ0v) is 7.46. The number of rotatable bonds is 5. The highest BCUT2D eigenvalue weighted by Gasteiger charge is 2.14. The minimum absolute atomic E-state index is 0.0663. The van der Waals surface area contributed by atoms with E-state index in [0.717, 1.165) is 12.7 Å². The summed E-state index contributed by atoms with van der Waals surface area (Å²) < 4.78 is 4.75. The third-order valence-electron chi connectivity index (χ3n) is 1.54. The van der Waals surface area contributed by atoms with E-state index in [2.05, 4.69) is 13.8 Å². The number of hydrogen-bond acceptors (Lipinski definition) is 2. The molecule has 0 aromatic carbocycles. The molecule has 0 heterocycles. The molecular weight excluding hydrogens is 140 g/mol. The van der Waals surface area contributed by atoms with Crippen LogP contribution in [0.15, 0.2) is 12.3 Å². The molecule has 0 N–H and O–H groups in total. The number of methoxy groups -OCH3 is 1. The van der Waals surface area contributed by atoms with Crippen LogP contribution in [-0.4, -0.2) is 13.4 Å². The smallest absolute Gasteiger partial charge is 0.120 e. The molecule has 0 aliphatic rings. The van der Waals surface area contributed by atoms with Crippen molar-refractivity contribution >= 4 is 6.29 Å². The molecule has 0 aromatic heterocycles. The molecule has 0 bridgehead atoms. The fourth-order valence-corrected chi connectivity index (χ4v) is 0.772. The van der Waals surface area contributed by atoms with Gasteiger partial charge in [0.25, 0.3) is 0 Å². The summed E-state index contributed by atoms with van der Waals surface area (Å²) in [5.41, 5.74) is 0.0663. The van der Waals surface area contributed by atoms with Gasteiger partial charge in [0, 0.05) is 6.42 Å². The molecule has 0 fully saturated rings. The van der Waals surface area contributed by atoms with Gasteiger partial charge >= 0.3 is 0 Å². The van der Waals surface area contributed by atoms with Crippen molar-refractivity contribution in [3.63, 3.8) is 0 Å². The maximum Gasteiger partial charge on any atom is 0.120 e. The molecular formula is C9H16O2. The summed E-state index contributed by atoms with van der Waals surface area (Å²) >= 11 is 0. The molecule has 0 rings (SSSR count). The van der Waals surface area contributed by atoms with Crippen molar-refractivity contribution in [3.8, 4) is 0 Å². The first-order valence-electron chi connectivity index (χ1n) is 3.74. The Morgan fingerprint density at radius 3 is 2.45 bits per heavy atom. The van der Waals surface area contributed by atoms with E-state index < -0.39 is 0 Å². The molecule has 0 atom stereocenters. The molecule has 0 unspecified atom stereocenters. The highest BCUT2D eigenvalue weighted by Crippen LogP contribution is 2.23. The SMILES string of the molecule is CO/C=C/CC(C)(C)CC=O. The molecule has 2 heteroatoms. The lowest BCUT2D eigenvalue weighted by Gasteiger charge is -2.18. The molecule has 2 nitrogen and oxygen atoms in total. The second kappa shape index (κ2) is 4.94. The maximum absolute atomic E-state index is 10.2. The summed E-state index contributed by atoms with van der Waals surface area (Å²) in [6.07, 6.45) is 6.01. The summed E-state index contributed by atoms with van der Waals surface area (Å²) in [5, 5.41) is 0. The monoisotopic (exact) mass is 156 g/mol. The average molecular weight is 156 g/mol. The molecule has 64 valence electrons. The molecule has 0 radical (unpaired) electrons. The fourth-order valence-electron chi connectivity index (χ4n) is 0.772. The predicted octanol–water partition coefficient (Wildman–Crippen LogP) is 2.15. The molecule has 0 spiro atoms. The Kier molecular flexibility index (Phi) is 4.59. The lowest BCUT2D eigenvalue weighted by molar-refractivity contribution is -0.109. The van der Waals surface area contributed by atoms with Crippen molar-refractivity contribution in [1.82, 2.24) is 0 Å². The average Bonchev–Trinajstić information content (AvgIpc) is 1.87. The van der Waals surface area contributed by atoms with Crippen molar-refractivity contribution in [2.75, 3.05) is 7.11 Å². The topological polar surface area (TPSA) is 26.3 Å². The summed E-state index contributed by atoms with van der Waals surface area (Å²) in [5.74, 6) is 0. The predicted molar refractivity (Wildman–Crippen MR) is 45.2 cm³/mol. The Bertz CT molecular complexity index is 136. The van der Waals surface area contributed by atoms with Crippen LogP contribution in [0.1, 0.15) is 26.7 Å². The van der Waals surface area contributed by atoms with E-state index in [4.69, 9.17) is 4.74 Å². The largest absolute Gasteiger partial charge is 0.505 e. The number of hydrogen-bond donors (Lipinski definition) is 0. The van der Waals surface area contributed by atoms with Gasteiger partial charge in [-0.3, -0.25) is 0 Å². The van der Waals surface area contributed by atoms with Crippen LogP contribution in [0.25, 0.3) is 0 Å². The summed E-state index contributed by atoms with van der Waals surface area (Å²) in [4.78, 5) is 10.2. The van der Waals surface area contributed by atoms with Gasteiger partial charge in [0.15, 0.2) is 0 Å². The normalized spacial score (nSPS) is 11.9. The Morgan fingerprint density at radius 1 is 1.36 bits per heavy atom. The Morgan fingerprint density at radius 2 is 2.00 bits per heavy atom. The molecule has 0 saturated heterocycles. The third-order valence-corrected chi connectivity index (χ3v) is 1.54. The van der Waals surface area contributed by atoms with E-state index in [9.17, 15) is 4.79 Å². The van der Waals surface area contributed by atoms with E-state index in [0.29, 0.717) is 6.42 Å². The van der Waals surface area contributed by atoms with Gasteiger partial charge in [0.2, 0.25) is 0 Å². The van der Waals surface area contributed by atoms with Crippen LogP contribution in [0.2, 0.25) is 0 Å². The molecule has 0 aromatic rings. The lowest BCUT2D eigenvalue weighted by atomic mass is 9.86. The summed E-state index contributed by atoms with van der Waals surface area (Å²) in [6.45, 7) is 4.11. The molecule has 0 saturated carbocycles. The zero-order valence-electron chi connectivity index (χ0n) is 7.46. The van der Waals surface area contributed by atoms with Crippen LogP contribution >= 0.6 is 0 Å². The fraction of sp³-hybridized carbons (Fsp3) is 0.667. The molecule has 11 heavy (non-hydrogen) atoms. The minimum atomic E-state index is 0.0663. The third kappa shape index (κ3) is 5.64. The zero-order chi connectivity index (χ0) is 8.74. The van der Waals surface area contributed by atoms with Gasteiger partial charge in [-0.25, -0.2) is 0 Å². The van der Waals surface area contributed by atoms with Crippen LogP contribution in [0.4, 0.5) is 0 Å². The van der Waals surface area contributed by atoms with E-state index >= 15 is 0 Å². The number of aldehydes is 1. The number of ether oxygens (including phenoxy) is 1. The van der Waals surface area contributed by atoms with Crippen LogP contribution in [0.5, 0.6) is 0 Å². The first-order chi connectivity index (χ1) is 5.12. The standard InChI is InChI=1S/C9H16O2/c1-9(2,6-7-10)5-4-8-11-3/h4,7-8H,5-6H2,1-3H3/b8-4+. The highest BCUT2D eigenvalue weighted by atomic mass is 16.5. The molecule has 0 amide bonds. The van der Waals surface area contributed by atoms with Crippen molar-refractivity contribution < 1.29 is 9.53 Å². The van der Waals surface area contributed by atoms with Gasteiger partial charge in [-0.1, -0.05) is 13.8 Å². The van der Waals surface area contributed by atoms with Crippen LogP contribution in [0, 0.1) is 5.41 Å². The second-order valence-corrected chi connectivity index (χ2v) is 3.35.